The summed E-state index contributed by atoms with van der Waals surface area (Å²) in [6, 6.07) is 7.00. The van der Waals surface area contributed by atoms with Crippen molar-refractivity contribution in [3.8, 4) is 5.75 Å². The highest BCUT2D eigenvalue weighted by atomic mass is 16.5. The summed E-state index contributed by atoms with van der Waals surface area (Å²) in [6.45, 7) is 1.50. The van der Waals surface area contributed by atoms with Gasteiger partial charge in [-0.2, -0.15) is 0 Å². The van der Waals surface area contributed by atoms with Crippen LogP contribution in [0.1, 0.15) is 13.3 Å². The highest BCUT2D eigenvalue weighted by Crippen LogP contribution is 2.30. The van der Waals surface area contributed by atoms with Crippen LogP contribution in [-0.2, 0) is 19.1 Å². The number of likely N-dealkylation sites (N-methyl/N-ethyl adjacent to an activating group) is 1. The number of fused-ring (bicyclic) bond motifs is 1. The molecule has 1 atom stereocenters. The van der Waals surface area contributed by atoms with E-state index in [0.717, 1.165) is 0 Å². The average Bonchev–Trinajstić information content (AvgIpc) is 2.66. The molecule has 7 nitrogen and oxygen atoms in total. The number of esters is 1. The van der Waals surface area contributed by atoms with Crippen LogP contribution < -0.4 is 9.64 Å². The van der Waals surface area contributed by atoms with Gasteiger partial charge in [0.05, 0.1) is 18.7 Å². The molecule has 124 valence electrons. The number of carbonyl (C=O) groups is 3. The van der Waals surface area contributed by atoms with Crippen LogP contribution >= 0.6 is 0 Å². The SMILES string of the molecule is C[C@H](OC(=O)CN1C(=O)CCOc2ccccc21)C(=O)N(C)C. The van der Waals surface area contributed by atoms with E-state index in [0.29, 0.717) is 11.4 Å². The Morgan fingerprint density at radius 3 is 2.74 bits per heavy atom. The zero-order chi connectivity index (χ0) is 17.0. The third kappa shape index (κ3) is 4.00. The second-order valence-electron chi connectivity index (χ2n) is 5.41. The number of hydrogen-bond acceptors (Lipinski definition) is 5. The van der Waals surface area contributed by atoms with Crippen LogP contribution in [0.25, 0.3) is 0 Å². The van der Waals surface area contributed by atoms with Crippen molar-refractivity contribution in [2.24, 2.45) is 0 Å². The first kappa shape index (κ1) is 16.8. The average molecular weight is 320 g/mol. The molecule has 1 aliphatic heterocycles. The number of rotatable bonds is 4. The Bertz CT molecular complexity index is 614. The van der Waals surface area contributed by atoms with E-state index in [9.17, 15) is 14.4 Å². The zero-order valence-corrected chi connectivity index (χ0v) is 13.4. The molecule has 0 fully saturated rings. The maximum absolute atomic E-state index is 12.2. The fourth-order valence-corrected chi connectivity index (χ4v) is 2.27. The first-order valence-electron chi connectivity index (χ1n) is 7.33. The van der Waals surface area contributed by atoms with Crippen molar-refractivity contribution in [3.05, 3.63) is 24.3 Å². The van der Waals surface area contributed by atoms with Crippen molar-refractivity contribution < 1.29 is 23.9 Å². The summed E-state index contributed by atoms with van der Waals surface area (Å²) in [7, 11) is 3.16. The van der Waals surface area contributed by atoms with Gasteiger partial charge in [-0.25, -0.2) is 0 Å². The lowest BCUT2D eigenvalue weighted by atomic mass is 10.2. The van der Waals surface area contributed by atoms with Crippen molar-refractivity contribution in [1.29, 1.82) is 0 Å². The number of ether oxygens (including phenoxy) is 2. The molecule has 0 spiro atoms. The van der Waals surface area contributed by atoms with Crippen LogP contribution in [0, 0.1) is 0 Å². The second kappa shape index (κ2) is 7.13. The van der Waals surface area contributed by atoms with Gasteiger partial charge in [0.25, 0.3) is 5.91 Å². The lowest BCUT2D eigenvalue weighted by Gasteiger charge is -2.22. The van der Waals surface area contributed by atoms with Gasteiger partial charge in [-0.15, -0.1) is 0 Å². The topological polar surface area (TPSA) is 76.1 Å². The summed E-state index contributed by atoms with van der Waals surface area (Å²) in [4.78, 5) is 38.7. The molecule has 0 saturated heterocycles. The largest absolute Gasteiger partial charge is 0.491 e. The van der Waals surface area contributed by atoms with Crippen molar-refractivity contribution in [3.63, 3.8) is 0 Å². The quantitative estimate of drug-likeness (QED) is 0.768. The molecule has 0 aliphatic carbocycles. The smallest absolute Gasteiger partial charge is 0.326 e. The molecule has 1 aromatic carbocycles. The standard InChI is InChI=1S/C16H20N2O5/c1-11(16(21)17(2)3)23-15(20)10-18-12-6-4-5-7-13(12)22-9-8-14(18)19/h4-7,11H,8-10H2,1-3H3/t11-/m0/s1. The van der Waals surface area contributed by atoms with Gasteiger partial charge in [0, 0.05) is 14.1 Å². The molecule has 0 aromatic heterocycles. The van der Waals surface area contributed by atoms with Crippen LogP contribution in [0.3, 0.4) is 0 Å². The van der Waals surface area contributed by atoms with Gasteiger partial charge >= 0.3 is 5.97 Å². The van der Waals surface area contributed by atoms with Gasteiger partial charge in [-0.1, -0.05) is 12.1 Å². The minimum absolute atomic E-state index is 0.175. The van der Waals surface area contributed by atoms with Crippen LogP contribution in [0.5, 0.6) is 5.75 Å². The van der Waals surface area contributed by atoms with Crippen LogP contribution in [0.2, 0.25) is 0 Å². The first-order valence-corrected chi connectivity index (χ1v) is 7.33. The van der Waals surface area contributed by atoms with Gasteiger partial charge in [-0.05, 0) is 19.1 Å². The van der Waals surface area contributed by atoms with Crippen molar-refractivity contribution in [2.75, 3.05) is 32.1 Å². The van der Waals surface area contributed by atoms with Crippen molar-refractivity contribution in [1.82, 2.24) is 4.90 Å². The molecule has 1 aliphatic rings. The number of anilines is 1. The Hall–Kier alpha value is -2.57. The number of hydrogen-bond donors (Lipinski definition) is 0. The Balaban J connectivity index is 2.10. The van der Waals surface area contributed by atoms with E-state index in [2.05, 4.69) is 0 Å². The lowest BCUT2D eigenvalue weighted by Crippen LogP contribution is -2.40. The van der Waals surface area contributed by atoms with E-state index < -0.39 is 12.1 Å². The summed E-state index contributed by atoms with van der Waals surface area (Å²) < 4.78 is 10.6. The van der Waals surface area contributed by atoms with E-state index in [-0.39, 0.29) is 31.4 Å². The predicted octanol–water partition coefficient (Wildman–Crippen LogP) is 0.822. The highest BCUT2D eigenvalue weighted by Gasteiger charge is 2.27. The van der Waals surface area contributed by atoms with E-state index in [1.54, 1.807) is 38.4 Å². The van der Waals surface area contributed by atoms with Gasteiger partial charge in [0.15, 0.2) is 6.10 Å². The van der Waals surface area contributed by atoms with E-state index in [4.69, 9.17) is 9.47 Å². The third-order valence-electron chi connectivity index (χ3n) is 3.41. The van der Waals surface area contributed by atoms with Crippen LogP contribution in [-0.4, -0.2) is 56.0 Å². The van der Waals surface area contributed by atoms with Crippen molar-refractivity contribution >= 4 is 23.5 Å². The monoisotopic (exact) mass is 320 g/mol. The third-order valence-corrected chi connectivity index (χ3v) is 3.41. The Morgan fingerprint density at radius 2 is 2.04 bits per heavy atom. The van der Waals surface area contributed by atoms with Gasteiger partial charge in [0.1, 0.15) is 12.3 Å². The molecule has 2 amide bonds. The fraction of sp³-hybridized carbons (Fsp3) is 0.438. The van der Waals surface area contributed by atoms with Gasteiger partial charge in [-0.3, -0.25) is 19.3 Å². The number of amides is 2. The summed E-state index contributed by atoms with van der Waals surface area (Å²) in [6.07, 6.45) is -0.722. The van der Waals surface area contributed by atoms with Gasteiger partial charge < -0.3 is 14.4 Å². The molecule has 2 rings (SSSR count). The number of carbonyl (C=O) groups excluding carboxylic acids is 3. The van der Waals surface area contributed by atoms with Crippen LogP contribution in [0.15, 0.2) is 24.3 Å². The molecular weight excluding hydrogens is 300 g/mol. The molecular formula is C16H20N2O5. The molecule has 0 radical (unpaired) electrons. The summed E-state index contributed by atoms with van der Waals surface area (Å²) >= 11 is 0. The Kier molecular flexibility index (Phi) is 5.20. The number of para-hydroxylation sites is 2. The molecule has 7 heteroatoms. The Labute approximate surface area is 134 Å². The second-order valence-corrected chi connectivity index (χ2v) is 5.41. The van der Waals surface area contributed by atoms with Crippen molar-refractivity contribution in [2.45, 2.75) is 19.4 Å². The summed E-state index contributed by atoms with van der Waals surface area (Å²) in [5.41, 5.74) is 0.526. The molecule has 1 aromatic rings. The summed E-state index contributed by atoms with van der Waals surface area (Å²) in [5, 5.41) is 0. The van der Waals surface area contributed by atoms with E-state index >= 15 is 0 Å². The van der Waals surface area contributed by atoms with E-state index in [1.807, 2.05) is 0 Å². The zero-order valence-electron chi connectivity index (χ0n) is 13.4. The predicted molar refractivity (Wildman–Crippen MR) is 83.2 cm³/mol. The molecule has 0 saturated carbocycles. The normalized spacial score (nSPS) is 15.1. The maximum Gasteiger partial charge on any atom is 0.326 e. The first-order chi connectivity index (χ1) is 10.9. The molecule has 0 unspecified atom stereocenters. The van der Waals surface area contributed by atoms with Crippen LogP contribution in [0.4, 0.5) is 5.69 Å². The molecule has 23 heavy (non-hydrogen) atoms. The van der Waals surface area contributed by atoms with Gasteiger partial charge in [0.2, 0.25) is 5.91 Å². The summed E-state index contributed by atoms with van der Waals surface area (Å²) in [5.74, 6) is -0.635. The van der Waals surface area contributed by atoms with E-state index in [1.165, 1.54) is 16.7 Å². The highest BCUT2D eigenvalue weighted by molar-refractivity contribution is 5.99. The number of nitrogens with zero attached hydrogens (tertiary/aromatic N) is 2. The molecule has 0 bridgehead atoms. The fourth-order valence-electron chi connectivity index (χ4n) is 2.27. The molecule has 1 heterocycles. The minimum Gasteiger partial charge on any atom is -0.491 e. The molecule has 0 N–H and O–H groups in total. The maximum atomic E-state index is 12.2. The lowest BCUT2D eigenvalue weighted by molar-refractivity contribution is -0.157. The minimum atomic E-state index is -0.897. The Morgan fingerprint density at radius 1 is 1.35 bits per heavy atom. The number of benzene rings is 1.